The second-order valence-electron chi connectivity index (χ2n) is 5.50. The maximum Gasteiger partial charge on any atom is 0.309 e. The van der Waals surface area contributed by atoms with E-state index >= 15 is 0 Å². The first kappa shape index (κ1) is 13.5. The van der Waals surface area contributed by atoms with E-state index in [0.717, 1.165) is 12.8 Å². The van der Waals surface area contributed by atoms with Gasteiger partial charge in [-0.25, -0.2) is 0 Å². The van der Waals surface area contributed by atoms with Crippen LogP contribution in [0.3, 0.4) is 0 Å². The van der Waals surface area contributed by atoms with Crippen molar-refractivity contribution in [1.29, 1.82) is 0 Å². The number of carbonyl (C=O) groups is 1. The van der Waals surface area contributed by atoms with Crippen molar-refractivity contribution in [3.05, 3.63) is 0 Å². The zero-order chi connectivity index (χ0) is 12.3. The lowest BCUT2D eigenvalue weighted by atomic mass is 9.68. The van der Waals surface area contributed by atoms with E-state index in [1.54, 1.807) is 0 Å². The summed E-state index contributed by atoms with van der Waals surface area (Å²) in [4.78, 5) is 11.2. The molecule has 1 aliphatic rings. The lowest BCUT2D eigenvalue weighted by molar-refractivity contribution is -0.157. The highest BCUT2D eigenvalue weighted by molar-refractivity contribution is 5.71. The van der Waals surface area contributed by atoms with Gasteiger partial charge in [-0.2, -0.15) is 0 Å². The number of aliphatic hydroxyl groups is 1. The average Bonchev–Trinajstić information content (AvgIpc) is 2.17. The third kappa shape index (κ3) is 2.76. The molecular weight excluding hydrogens is 204 g/mol. The maximum absolute atomic E-state index is 11.2. The van der Waals surface area contributed by atoms with Gasteiger partial charge in [0.15, 0.2) is 0 Å². The van der Waals surface area contributed by atoms with Crippen LogP contribution >= 0.6 is 0 Å². The predicted molar refractivity (Wildman–Crippen MR) is 63.2 cm³/mol. The molecule has 1 saturated carbocycles. The summed E-state index contributed by atoms with van der Waals surface area (Å²) in [7, 11) is 0. The van der Waals surface area contributed by atoms with E-state index in [4.69, 9.17) is 5.11 Å². The monoisotopic (exact) mass is 228 g/mol. The highest BCUT2D eigenvalue weighted by Crippen LogP contribution is 2.41. The van der Waals surface area contributed by atoms with Gasteiger partial charge in [0.2, 0.25) is 0 Å². The van der Waals surface area contributed by atoms with Gasteiger partial charge in [-0.05, 0) is 37.5 Å². The first-order valence-corrected chi connectivity index (χ1v) is 6.36. The number of aliphatic carboxylic acids is 1. The largest absolute Gasteiger partial charge is 0.481 e. The minimum atomic E-state index is -0.978. The van der Waals surface area contributed by atoms with Crippen LogP contribution in [0.2, 0.25) is 0 Å². The van der Waals surface area contributed by atoms with Gasteiger partial charge in [-0.1, -0.05) is 27.2 Å². The van der Waals surface area contributed by atoms with Crippen molar-refractivity contribution >= 4 is 5.97 Å². The Labute approximate surface area is 97.9 Å². The molecule has 0 saturated heterocycles. The molecule has 0 spiro atoms. The summed E-state index contributed by atoms with van der Waals surface area (Å²) in [6.07, 6.45) is 3.87. The molecule has 3 heteroatoms. The number of carboxylic acid groups (broad SMARTS) is 1. The fraction of sp³-hybridized carbons (Fsp3) is 0.923. The minimum absolute atomic E-state index is 0.465. The molecule has 0 aromatic carbocycles. The van der Waals surface area contributed by atoms with Crippen LogP contribution in [0.4, 0.5) is 0 Å². The molecular formula is C13H24O3. The second-order valence-corrected chi connectivity index (χ2v) is 5.50. The third-order valence-corrected chi connectivity index (χ3v) is 4.10. The van der Waals surface area contributed by atoms with E-state index in [0.29, 0.717) is 31.1 Å². The molecule has 2 N–H and O–H groups in total. The van der Waals surface area contributed by atoms with Crippen molar-refractivity contribution in [1.82, 2.24) is 0 Å². The number of hydrogen-bond acceptors (Lipinski definition) is 2. The minimum Gasteiger partial charge on any atom is -0.481 e. The van der Waals surface area contributed by atoms with Crippen LogP contribution in [0.15, 0.2) is 0 Å². The molecule has 3 unspecified atom stereocenters. The first-order valence-electron chi connectivity index (χ1n) is 6.36. The van der Waals surface area contributed by atoms with Crippen LogP contribution in [0, 0.1) is 17.8 Å². The number of carboxylic acids is 1. The standard InChI is InChI=1S/C13H24O3/c1-4-11(12(14)15)13(16)7-5-6-10(8-13)9(2)3/h9-11,16H,4-8H2,1-3H3,(H,14,15). The molecule has 0 radical (unpaired) electrons. The van der Waals surface area contributed by atoms with Crippen molar-refractivity contribution in [2.75, 3.05) is 0 Å². The molecule has 1 aliphatic carbocycles. The Morgan fingerprint density at radius 1 is 1.50 bits per heavy atom. The maximum atomic E-state index is 11.2. The summed E-state index contributed by atoms with van der Waals surface area (Å²) in [5.74, 6) is -0.464. The van der Waals surface area contributed by atoms with Gasteiger partial charge in [0.1, 0.15) is 0 Å². The van der Waals surface area contributed by atoms with E-state index in [-0.39, 0.29) is 0 Å². The molecule has 16 heavy (non-hydrogen) atoms. The molecule has 3 nitrogen and oxygen atoms in total. The molecule has 1 fully saturated rings. The van der Waals surface area contributed by atoms with Gasteiger partial charge in [0.05, 0.1) is 11.5 Å². The Hall–Kier alpha value is -0.570. The van der Waals surface area contributed by atoms with Gasteiger partial charge >= 0.3 is 5.97 Å². The molecule has 1 rings (SSSR count). The zero-order valence-corrected chi connectivity index (χ0v) is 10.6. The van der Waals surface area contributed by atoms with Crippen LogP contribution < -0.4 is 0 Å². The van der Waals surface area contributed by atoms with Gasteiger partial charge in [0.25, 0.3) is 0 Å². The van der Waals surface area contributed by atoms with Gasteiger partial charge in [-0.3, -0.25) is 4.79 Å². The van der Waals surface area contributed by atoms with E-state index < -0.39 is 17.5 Å². The molecule has 0 bridgehead atoms. The molecule has 0 heterocycles. The lowest BCUT2D eigenvalue weighted by Crippen LogP contribution is -2.46. The number of hydrogen-bond donors (Lipinski definition) is 2. The van der Waals surface area contributed by atoms with Crippen molar-refractivity contribution in [2.24, 2.45) is 17.8 Å². The van der Waals surface area contributed by atoms with Crippen LogP contribution in [0.1, 0.15) is 52.9 Å². The number of rotatable bonds is 4. The predicted octanol–water partition coefficient (Wildman–Crippen LogP) is 2.67. The fourth-order valence-corrected chi connectivity index (χ4v) is 3.00. The second kappa shape index (κ2) is 5.17. The van der Waals surface area contributed by atoms with Crippen molar-refractivity contribution < 1.29 is 15.0 Å². The highest BCUT2D eigenvalue weighted by atomic mass is 16.4. The van der Waals surface area contributed by atoms with Crippen molar-refractivity contribution in [2.45, 2.75) is 58.5 Å². The Bertz CT molecular complexity index is 250. The smallest absolute Gasteiger partial charge is 0.309 e. The van der Waals surface area contributed by atoms with Gasteiger partial charge in [-0.15, -0.1) is 0 Å². The lowest BCUT2D eigenvalue weighted by Gasteiger charge is -2.41. The molecule has 3 atom stereocenters. The molecule has 94 valence electrons. The van der Waals surface area contributed by atoms with Gasteiger partial charge < -0.3 is 10.2 Å². The normalized spacial score (nSPS) is 32.7. The topological polar surface area (TPSA) is 57.5 Å². The van der Waals surface area contributed by atoms with Gasteiger partial charge in [0, 0.05) is 0 Å². The van der Waals surface area contributed by atoms with Crippen molar-refractivity contribution in [3.63, 3.8) is 0 Å². The molecule has 0 aliphatic heterocycles. The Balaban J connectivity index is 2.78. The Morgan fingerprint density at radius 3 is 2.56 bits per heavy atom. The summed E-state index contributed by atoms with van der Waals surface area (Å²) >= 11 is 0. The zero-order valence-electron chi connectivity index (χ0n) is 10.6. The van der Waals surface area contributed by atoms with Crippen LogP contribution in [0.25, 0.3) is 0 Å². The highest BCUT2D eigenvalue weighted by Gasteiger charge is 2.44. The van der Waals surface area contributed by atoms with E-state index in [2.05, 4.69) is 13.8 Å². The summed E-state index contributed by atoms with van der Waals surface area (Å²) in [6.45, 7) is 6.14. The van der Waals surface area contributed by atoms with Crippen molar-refractivity contribution in [3.8, 4) is 0 Å². The quantitative estimate of drug-likeness (QED) is 0.777. The Morgan fingerprint density at radius 2 is 2.12 bits per heavy atom. The summed E-state index contributed by atoms with van der Waals surface area (Å²) in [6, 6.07) is 0. The van der Waals surface area contributed by atoms with E-state index in [1.165, 1.54) is 0 Å². The average molecular weight is 228 g/mol. The van der Waals surface area contributed by atoms with Crippen LogP contribution in [-0.2, 0) is 4.79 Å². The van der Waals surface area contributed by atoms with E-state index in [9.17, 15) is 9.90 Å². The Kier molecular flexibility index (Phi) is 4.36. The first-order chi connectivity index (χ1) is 7.40. The third-order valence-electron chi connectivity index (χ3n) is 4.10. The summed E-state index contributed by atoms with van der Waals surface area (Å²) in [5.41, 5.74) is -0.978. The van der Waals surface area contributed by atoms with Crippen LogP contribution in [0.5, 0.6) is 0 Å². The fourth-order valence-electron chi connectivity index (χ4n) is 3.00. The molecule has 0 amide bonds. The summed E-state index contributed by atoms with van der Waals surface area (Å²) < 4.78 is 0. The molecule has 0 aromatic heterocycles. The SMILES string of the molecule is CCC(C(=O)O)C1(O)CCCC(C(C)C)C1. The van der Waals surface area contributed by atoms with E-state index in [1.807, 2.05) is 6.92 Å². The summed E-state index contributed by atoms with van der Waals surface area (Å²) in [5, 5.41) is 19.7. The molecule has 0 aromatic rings. The van der Waals surface area contributed by atoms with Crippen LogP contribution in [-0.4, -0.2) is 21.8 Å².